The standard InChI is InChI=1S/C15H22F2N2O/c1-15(2,3)19-6-4-18(5-7-19)14-12(16)8-11(10-20)9-13(14)17/h8-9,20H,4-7,10H2,1-3H3. The normalized spacial score (nSPS) is 17.6. The van der Waals surface area contributed by atoms with Gasteiger partial charge in [0, 0.05) is 31.7 Å². The minimum absolute atomic E-state index is 0.0239. The van der Waals surface area contributed by atoms with Crippen molar-refractivity contribution in [3.05, 3.63) is 29.3 Å². The monoisotopic (exact) mass is 284 g/mol. The minimum Gasteiger partial charge on any atom is -0.392 e. The van der Waals surface area contributed by atoms with Gasteiger partial charge in [-0.25, -0.2) is 8.78 Å². The number of anilines is 1. The largest absolute Gasteiger partial charge is 0.392 e. The minimum atomic E-state index is -0.599. The molecule has 1 aromatic carbocycles. The molecule has 1 heterocycles. The molecule has 1 N–H and O–H groups in total. The first-order valence-corrected chi connectivity index (χ1v) is 6.91. The first-order valence-electron chi connectivity index (χ1n) is 6.91. The van der Waals surface area contributed by atoms with Crippen molar-refractivity contribution in [3.8, 4) is 0 Å². The van der Waals surface area contributed by atoms with E-state index >= 15 is 0 Å². The van der Waals surface area contributed by atoms with E-state index in [1.165, 1.54) is 12.1 Å². The van der Waals surface area contributed by atoms with E-state index in [2.05, 4.69) is 25.7 Å². The van der Waals surface area contributed by atoms with Crippen LogP contribution in [-0.4, -0.2) is 41.7 Å². The maximum Gasteiger partial charge on any atom is 0.149 e. The summed E-state index contributed by atoms with van der Waals surface area (Å²) in [5.74, 6) is -1.20. The van der Waals surface area contributed by atoms with E-state index in [0.29, 0.717) is 13.1 Å². The Morgan fingerprint density at radius 2 is 1.55 bits per heavy atom. The van der Waals surface area contributed by atoms with Crippen LogP contribution in [0.5, 0.6) is 0 Å². The summed E-state index contributed by atoms with van der Waals surface area (Å²) in [7, 11) is 0. The van der Waals surface area contributed by atoms with Crippen molar-refractivity contribution in [2.75, 3.05) is 31.1 Å². The zero-order chi connectivity index (χ0) is 14.9. The third-order valence-electron chi connectivity index (χ3n) is 3.80. The summed E-state index contributed by atoms with van der Waals surface area (Å²) < 4.78 is 28.0. The fourth-order valence-corrected chi connectivity index (χ4v) is 2.61. The van der Waals surface area contributed by atoms with Crippen LogP contribution in [0.4, 0.5) is 14.5 Å². The van der Waals surface area contributed by atoms with Crippen molar-refractivity contribution in [1.29, 1.82) is 0 Å². The molecule has 0 atom stereocenters. The highest BCUT2D eigenvalue weighted by Gasteiger charge is 2.28. The van der Waals surface area contributed by atoms with E-state index in [1.54, 1.807) is 4.90 Å². The molecule has 5 heteroatoms. The molecule has 1 fully saturated rings. The van der Waals surface area contributed by atoms with Gasteiger partial charge in [0.15, 0.2) is 0 Å². The molecular weight excluding hydrogens is 262 g/mol. The van der Waals surface area contributed by atoms with Crippen molar-refractivity contribution in [1.82, 2.24) is 4.90 Å². The van der Waals surface area contributed by atoms with Crippen LogP contribution < -0.4 is 4.90 Å². The van der Waals surface area contributed by atoms with E-state index in [4.69, 9.17) is 5.11 Å². The van der Waals surface area contributed by atoms with Crippen LogP contribution >= 0.6 is 0 Å². The lowest BCUT2D eigenvalue weighted by atomic mass is 10.0. The van der Waals surface area contributed by atoms with Crippen molar-refractivity contribution >= 4 is 5.69 Å². The Labute approximate surface area is 118 Å². The molecule has 0 unspecified atom stereocenters. The number of hydrogen-bond acceptors (Lipinski definition) is 3. The van der Waals surface area contributed by atoms with Gasteiger partial charge >= 0.3 is 0 Å². The number of nitrogens with zero attached hydrogens (tertiary/aromatic N) is 2. The van der Waals surface area contributed by atoms with Crippen molar-refractivity contribution in [2.45, 2.75) is 32.9 Å². The maximum absolute atomic E-state index is 14.0. The van der Waals surface area contributed by atoms with Crippen LogP contribution in [0.25, 0.3) is 0 Å². The second kappa shape index (κ2) is 5.66. The predicted molar refractivity (Wildman–Crippen MR) is 75.8 cm³/mol. The van der Waals surface area contributed by atoms with E-state index < -0.39 is 11.6 Å². The maximum atomic E-state index is 14.0. The van der Waals surface area contributed by atoms with Crippen molar-refractivity contribution in [2.24, 2.45) is 0 Å². The molecule has 1 saturated heterocycles. The van der Waals surface area contributed by atoms with Crippen molar-refractivity contribution < 1.29 is 13.9 Å². The van der Waals surface area contributed by atoms with E-state index in [-0.39, 0.29) is 23.4 Å². The second-order valence-corrected chi connectivity index (χ2v) is 6.21. The van der Waals surface area contributed by atoms with Crippen LogP contribution in [0.2, 0.25) is 0 Å². The molecule has 0 spiro atoms. The summed E-state index contributed by atoms with van der Waals surface area (Å²) in [6.07, 6.45) is 0. The lowest BCUT2D eigenvalue weighted by molar-refractivity contribution is 0.128. The molecule has 0 saturated carbocycles. The summed E-state index contributed by atoms with van der Waals surface area (Å²) >= 11 is 0. The Hall–Kier alpha value is -1.20. The lowest BCUT2D eigenvalue weighted by Crippen LogP contribution is -2.53. The molecule has 1 aromatic rings. The summed E-state index contributed by atoms with van der Waals surface area (Å²) in [5.41, 5.74) is 0.358. The Bertz CT molecular complexity index is 454. The molecule has 0 aliphatic carbocycles. The highest BCUT2D eigenvalue weighted by Crippen LogP contribution is 2.27. The average molecular weight is 284 g/mol. The van der Waals surface area contributed by atoms with Gasteiger partial charge in [-0.15, -0.1) is 0 Å². The molecule has 0 bridgehead atoms. The summed E-state index contributed by atoms with van der Waals surface area (Å²) in [5, 5.41) is 8.96. The Balaban J connectivity index is 2.15. The van der Waals surface area contributed by atoms with E-state index in [1.807, 2.05) is 0 Å². The van der Waals surface area contributed by atoms with E-state index in [9.17, 15) is 8.78 Å². The third-order valence-corrected chi connectivity index (χ3v) is 3.80. The molecule has 112 valence electrons. The second-order valence-electron chi connectivity index (χ2n) is 6.21. The van der Waals surface area contributed by atoms with Gasteiger partial charge < -0.3 is 10.0 Å². The molecule has 2 rings (SSSR count). The molecule has 20 heavy (non-hydrogen) atoms. The molecule has 1 aliphatic rings. The van der Waals surface area contributed by atoms with Gasteiger partial charge in [-0.1, -0.05) is 0 Å². The number of aliphatic hydroxyl groups is 1. The smallest absolute Gasteiger partial charge is 0.149 e. The molecule has 0 amide bonds. The average Bonchev–Trinajstić information content (AvgIpc) is 2.37. The van der Waals surface area contributed by atoms with Crippen LogP contribution in [0.3, 0.4) is 0 Å². The Morgan fingerprint density at radius 3 is 1.95 bits per heavy atom. The third kappa shape index (κ3) is 3.10. The summed E-state index contributed by atoms with van der Waals surface area (Å²) in [6, 6.07) is 2.41. The topological polar surface area (TPSA) is 26.7 Å². The summed E-state index contributed by atoms with van der Waals surface area (Å²) in [4.78, 5) is 4.05. The molecule has 0 radical (unpaired) electrons. The van der Waals surface area contributed by atoms with Gasteiger partial charge in [-0.2, -0.15) is 0 Å². The number of benzene rings is 1. The van der Waals surface area contributed by atoms with Crippen LogP contribution in [-0.2, 0) is 6.61 Å². The summed E-state index contributed by atoms with van der Waals surface area (Å²) in [6.45, 7) is 8.83. The Kier molecular flexibility index (Phi) is 4.30. The van der Waals surface area contributed by atoms with E-state index in [0.717, 1.165) is 13.1 Å². The first-order chi connectivity index (χ1) is 9.32. The molecule has 1 aliphatic heterocycles. The predicted octanol–water partition coefficient (Wildman–Crippen LogP) is 2.38. The molecular formula is C15H22F2N2O. The highest BCUT2D eigenvalue weighted by atomic mass is 19.1. The number of hydrogen-bond donors (Lipinski definition) is 1. The fourth-order valence-electron chi connectivity index (χ4n) is 2.61. The van der Waals surface area contributed by atoms with Gasteiger partial charge in [0.25, 0.3) is 0 Å². The van der Waals surface area contributed by atoms with Crippen molar-refractivity contribution in [3.63, 3.8) is 0 Å². The SMILES string of the molecule is CC(C)(C)N1CCN(c2c(F)cc(CO)cc2F)CC1. The number of aliphatic hydroxyl groups excluding tert-OH is 1. The fraction of sp³-hybridized carbons (Fsp3) is 0.600. The highest BCUT2D eigenvalue weighted by molar-refractivity contribution is 5.51. The zero-order valence-corrected chi connectivity index (χ0v) is 12.3. The number of piperazine rings is 1. The van der Waals surface area contributed by atoms with Crippen LogP contribution in [0, 0.1) is 11.6 Å². The zero-order valence-electron chi connectivity index (χ0n) is 12.3. The quantitative estimate of drug-likeness (QED) is 0.903. The van der Waals surface area contributed by atoms with Gasteiger partial charge in [0.1, 0.15) is 17.3 Å². The van der Waals surface area contributed by atoms with Gasteiger partial charge in [-0.3, -0.25) is 4.90 Å². The van der Waals surface area contributed by atoms with Gasteiger partial charge in [0.05, 0.1) is 6.61 Å². The molecule has 3 nitrogen and oxygen atoms in total. The Morgan fingerprint density at radius 1 is 1.05 bits per heavy atom. The molecule has 0 aromatic heterocycles. The van der Waals surface area contributed by atoms with Gasteiger partial charge in [-0.05, 0) is 38.5 Å². The number of halogens is 2. The van der Waals surface area contributed by atoms with Crippen LogP contribution in [0.15, 0.2) is 12.1 Å². The number of rotatable bonds is 2. The van der Waals surface area contributed by atoms with Gasteiger partial charge in [0.2, 0.25) is 0 Å². The first kappa shape index (κ1) is 15.2. The van der Waals surface area contributed by atoms with Crippen LogP contribution in [0.1, 0.15) is 26.3 Å². The lowest BCUT2D eigenvalue weighted by Gasteiger charge is -2.43.